The number of benzene rings is 2. The molecule has 2 aromatic rings. The van der Waals surface area contributed by atoms with Crippen LogP contribution in [-0.2, 0) is 0 Å². The highest BCUT2D eigenvalue weighted by Crippen LogP contribution is 2.35. The second-order valence-electron chi connectivity index (χ2n) is 5.40. The molecule has 2 rings (SSSR count). The number of aryl methyl sites for hydroxylation is 1. The molecule has 0 aromatic heterocycles. The van der Waals surface area contributed by atoms with Crippen LogP contribution in [0.1, 0.15) is 23.6 Å². The van der Waals surface area contributed by atoms with E-state index in [-0.39, 0.29) is 0 Å². The van der Waals surface area contributed by atoms with E-state index >= 15 is 0 Å². The van der Waals surface area contributed by atoms with Gasteiger partial charge in [-0.25, -0.2) is 0 Å². The van der Waals surface area contributed by atoms with Crippen LogP contribution in [0.2, 0.25) is 0 Å². The fourth-order valence-electron chi connectivity index (χ4n) is 2.30. The number of halogens is 1. The highest BCUT2D eigenvalue weighted by molar-refractivity contribution is 14.1. The summed E-state index contributed by atoms with van der Waals surface area (Å²) in [7, 11) is 0. The van der Waals surface area contributed by atoms with Crippen LogP contribution in [0.3, 0.4) is 0 Å². The molecule has 0 saturated heterocycles. The molecular weight excluding hydrogens is 425 g/mol. The van der Waals surface area contributed by atoms with E-state index in [4.69, 9.17) is 9.47 Å². The lowest BCUT2D eigenvalue weighted by Gasteiger charge is -2.14. The van der Waals surface area contributed by atoms with Gasteiger partial charge in [0, 0.05) is 0 Å². The van der Waals surface area contributed by atoms with Crippen LogP contribution in [0.5, 0.6) is 11.5 Å². The zero-order valence-corrected chi connectivity index (χ0v) is 16.5. The third-order valence-corrected chi connectivity index (χ3v) is 4.27. The lowest BCUT2D eigenvalue weighted by molar-refractivity contribution is 0.295. The largest absolute Gasteiger partial charge is 0.490 e. The number of nitrogens with zero attached hydrogens (tertiary/aromatic N) is 1. The maximum absolute atomic E-state index is 9.54. The first kappa shape index (κ1) is 19.1. The summed E-state index contributed by atoms with van der Waals surface area (Å²) in [5.41, 5.74) is 3.57. The predicted octanol–water partition coefficient (Wildman–Crippen LogP) is 5.63. The molecule has 0 bridgehead atoms. The van der Waals surface area contributed by atoms with E-state index in [9.17, 15) is 5.26 Å². The molecule has 0 aliphatic rings. The standard InChI is InChI=1S/C21H20INO2/c1-4-10-25-21-19(22)12-16(13-20(21)24-5-2)11-18(14-23)17-8-6-15(3)7-9-17/h4,6-9,11-13H,1,5,10H2,2-3H3/b18-11+. The van der Waals surface area contributed by atoms with Crippen LogP contribution < -0.4 is 9.47 Å². The van der Waals surface area contributed by atoms with Crippen molar-refractivity contribution in [2.24, 2.45) is 0 Å². The molecule has 0 fully saturated rings. The van der Waals surface area contributed by atoms with Crippen molar-refractivity contribution in [3.05, 3.63) is 69.3 Å². The Kier molecular flexibility index (Phi) is 7.08. The van der Waals surface area contributed by atoms with Crippen molar-refractivity contribution in [3.63, 3.8) is 0 Å². The summed E-state index contributed by atoms with van der Waals surface area (Å²) in [6, 6.07) is 14.1. The Hall–Kier alpha value is -2.26. The minimum atomic E-state index is 0.415. The summed E-state index contributed by atoms with van der Waals surface area (Å²) in [6.45, 7) is 8.58. The van der Waals surface area contributed by atoms with Gasteiger partial charge in [0.15, 0.2) is 11.5 Å². The van der Waals surface area contributed by atoms with Gasteiger partial charge in [-0.1, -0.05) is 42.5 Å². The lowest BCUT2D eigenvalue weighted by atomic mass is 10.0. The minimum absolute atomic E-state index is 0.415. The molecule has 0 N–H and O–H groups in total. The van der Waals surface area contributed by atoms with Crippen molar-refractivity contribution in [2.75, 3.05) is 13.2 Å². The van der Waals surface area contributed by atoms with Gasteiger partial charge in [0.05, 0.1) is 21.8 Å². The molecule has 3 nitrogen and oxygen atoms in total. The van der Waals surface area contributed by atoms with Crippen molar-refractivity contribution in [1.82, 2.24) is 0 Å². The summed E-state index contributed by atoms with van der Waals surface area (Å²) < 4.78 is 12.4. The Morgan fingerprint density at radius 1 is 1.24 bits per heavy atom. The normalized spacial score (nSPS) is 10.9. The SMILES string of the molecule is C=CCOc1c(I)cc(/C=C(\C#N)c2ccc(C)cc2)cc1OCC. The van der Waals surface area contributed by atoms with Crippen LogP contribution in [-0.4, -0.2) is 13.2 Å². The number of rotatable bonds is 7. The van der Waals surface area contributed by atoms with Gasteiger partial charge < -0.3 is 9.47 Å². The summed E-state index contributed by atoms with van der Waals surface area (Å²) in [5, 5.41) is 9.54. The van der Waals surface area contributed by atoms with Gasteiger partial charge in [0.2, 0.25) is 0 Å². The van der Waals surface area contributed by atoms with Gasteiger partial charge >= 0.3 is 0 Å². The smallest absolute Gasteiger partial charge is 0.174 e. The maximum Gasteiger partial charge on any atom is 0.174 e. The van der Waals surface area contributed by atoms with Crippen LogP contribution >= 0.6 is 22.6 Å². The second kappa shape index (κ2) is 9.28. The molecule has 2 aromatic carbocycles. The van der Waals surface area contributed by atoms with E-state index in [1.807, 2.05) is 56.3 Å². The second-order valence-corrected chi connectivity index (χ2v) is 6.56. The van der Waals surface area contributed by atoms with E-state index in [1.54, 1.807) is 6.08 Å². The first-order chi connectivity index (χ1) is 12.1. The molecule has 0 heterocycles. The summed E-state index contributed by atoms with van der Waals surface area (Å²) in [4.78, 5) is 0. The molecule has 0 radical (unpaired) electrons. The first-order valence-electron chi connectivity index (χ1n) is 7.98. The molecular formula is C21H20INO2. The fraction of sp³-hybridized carbons (Fsp3) is 0.190. The summed E-state index contributed by atoms with van der Waals surface area (Å²) in [5.74, 6) is 1.37. The van der Waals surface area contributed by atoms with Crippen LogP contribution in [0.25, 0.3) is 11.6 Å². The lowest BCUT2D eigenvalue weighted by Crippen LogP contribution is -2.01. The van der Waals surface area contributed by atoms with Crippen LogP contribution in [0.15, 0.2) is 49.1 Å². The molecule has 0 aliphatic heterocycles. The zero-order valence-electron chi connectivity index (χ0n) is 14.4. The molecule has 0 spiro atoms. The van der Waals surface area contributed by atoms with Gasteiger partial charge in [-0.2, -0.15) is 5.26 Å². The van der Waals surface area contributed by atoms with E-state index in [0.717, 1.165) is 20.3 Å². The Morgan fingerprint density at radius 2 is 1.96 bits per heavy atom. The Labute approximate surface area is 162 Å². The monoisotopic (exact) mass is 445 g/mol. The predicted molar refractivity (Wildman–Crippen MR) is 111 cm³/mol. The molecule has 0 amide bonds. The zero-order chi connectivity index (χ0) is 18.2. The minimum Gasteiger partial charge on any atom is -0.490 e. The third-order valence-electron chi connectivity index (χ3n) is 3.47. The van der Waals surface area contributed by atoms with E-state index < -0.39 is 0 Å². The van der Waals surface area contributed by atoms with Gasteiger partial charge in [0.1, 0.15) is 6.61 Å². The van der Waals surface area contributed by atoms with Gasteiger partial charge in [-0.15, -0.1) is 0 Å². The number of allylic oxidation sites excluding steroid dienone is 1. The molecule has 128 valence electrons. The van der Waals surface area contributed by atoms with Gasteiger partial charge in [-0.05, 0) is 65.8 Å². The number of hydrogen-bond donors (Lipinski definition) is 0. The molecule has 0 aliphatic carbocycles. The first-order valence-corrected chi connectivity index (χ1v) is 9.05. The fourth-order valence-corrected chi connectivity index (χ4v) is 3.08. The van der Waals surface area contributed by atoms with Crippen molar-refractivity contribution in [1.29, 1.82) is 5.26 Å². The highest BCUT2D eigenvalue weighted by Gasteiger charge is 2.12. The molecule has 25 heavy (non-hydrogen) atoms. The van der Waals surface area contributed by atoms with E-state index in [0.29, 0.717) is 30.3 Å². The van der Waals surface area contributed by atoms with Crippen molar-refractivity contribution in [3.8, 4) is 17.6 Å². The molecule has 4 heteroatoms. The quantitative estimate of drug-likeness (QED) is 0.240. The average Bonchev–Trinajstić information content (AvgIpc) is 2.60. The average molecular weight is 445 g/mol. The number of nitriles is 1. The van der Waals surface area contributed by atoms with Crippen molar-refractivity contribution < 1.29 is 9.47 Å². The maximum atomic E-state index is 9.54. The van der Waals surface area contributed by atoms with Gasteiger partial charge in [0.25, 0.3) is 0 Å². The van der Waals surface area contributed by atoms with Gasteiger partial charge in [-0.3, -0.25) is 0 Å². The Balaban J connectivity index is 2.45. The highest BCUT2D eigenvalue weighted by atomic mass is 127. The molecule has 0 atom stereocenters. The van der Waals surface area contributed by atoms with E-state index in [1.165, 1.54) is 0 Å². The van der Waals surface area contributed by atoms with E-state index in [2.05, 4.69) is 35.2 Å². The summed E-state index contributed by atoms with van der Waals surface area (Å²) >= 11 is 2.22. The number of hydrogen-bond acceptors (Lipinski definition) is 3. The molecule has 0 saturated carbocycles. The van der Waals surface area contributed by atoms with Crippen LogP contribution in [0, 0.1) is 21.8 Å². The topological polar surface area (TPSA) is 42.2 Å². The van der Waals surface area contributed by atoms with Crippen molar-refractivity contribution in [2.45, 2.75) is 13.8 Å². The number of ether oxygens (including phenoxy) is 2. The molecule has 0 unspecified atom stereocenters. The van der Waals surface area contributed by atoms with Crippen LogP contribution in [0.4, 0.5) is 0 Å². The Bertz CT molecular complexity index is 817. The van der Waals surface area contributed by atoms with Crippen molar-refractivity contribution >= 4 is 34.2 Å². The Morgan fingerprint density at radius 3 is 2.56 bits per heavy atom. The third kappa shape index (κ3) is 5.10. The summed E-state index contributed by atoms with van der Waals surface area (Å²) in [6.07, 6.45) is 3.57.